The molecule has 1 spiro atoms. The molecule has 5 N–H and O–H groups in total. The SMILES string of the molecule is CSc1nnc(-c2ccccc2N2C(N)=NC(N)=NC23CCCCC3)c(=O)[nH]1. The lowest BCUT2D eigenvalue weighted by Gasteiger charge is -2.46. The number of hydrogen-bond acceptors (Lipinski definition) is 9. The molecule has 0 radical (unpaired) electrons. The van der Waals surface area contributed by atoms with Gasteiger partial charge in [-0.1, -0.05) is 36.4 Å². The first-order chi connectivity index (χ1) is 13.5. The predicted molar refractivity (Wildman–Crippen MR) is 111 cm³/mol. The Morgan fingerprint density at radius 1 is 1.14 bits per heavy atom. The Hall–Kier alpha value is -2.88. The number of benzene rings is 1. The first-order valence-electron chi connectivity index (χ1n) is 9.14. The molecular formula is C18H22N8OS. The normalized spacial score (nSPS) is 18.7. The van der Waals surface area contributed by atoms with E-state index >= 15 is 0 Å². The Morgan fingerprint density at radius 2 is 1.89 bits per heavy atom. The van der Waals surface area contributed by atoms with Crippen molar-refractivity contribution in [2.75, 3.05) is 11.2 Å². The molecular weight excluding hydrogens is 376 g/mol. The van der Waals surface area contributed by atoms with E-state index in [1.54, 1.807) is 0 Å². The molecule has 1 aliphatic heterocycles. The Labute approximate surface area is 166 Å². The highest BCUT2D eigenvalue weighted by Crippen LogP contribution is 2.42. The highest BCUT2D eigenvalue weighted by molar-refractivity contribution is 7.98. The van der Waals surface area contributed by atoms with Crippen molar-refractivity contribution < 1.29 is 0 Å². The predicted octanol–water partition coefficient (Wildman–Crippen LogP) is 1.66. The van der Waals surface area contributed by atoms with Gasteiger partial charge in [0, 0.05) is 5.56 Å². The van der Waals surface area contributed by atoms with Crippen LogP contribution in [-0.2, 0) is 0 Å². The molecule has 10 heteroatoms. The molecule has 28 heavy (non-hydrogen) atoms. The number of nitrogens with zero attached hydrogens (tertiary/aromatic N) is 5. The standard InChI is InChI=1S/C18H22N8OS/c1-28-17-21-14(27)13(24-25-17)11-7-3-4-8-12(11)26-16(20)22-15(19)23-18(26)9-5-2-6-10-18/h3-4,7-8H,2,5-6,9-10H2,1H3,(H,21,25,27)(H4,19,20,22,23). The maximum Gasteiger partial charge on any atom is 0.278 e. The van der Waals surface area contributed by atoms with Gasteiger partial charge in [0.2, 0.25) is 11.9 Å². The molecule has 1 aliphatic carbocycles. The highest BCUT2D eigenvalue weighted by Gasteiger charge is 2.43. The fourth-order valence-corrected chi connectivity index (χ4v) is 4.25. The molecule has 1 aromatic carbocycles. The van der Waals surface area contributed by atoms with E-state index < -0.39 is 5.66 Å². The van der Waals surface area contributed by atoms with Gasteiger partial charge in [0.15, 0.2) is 10.9 Å². The molecule has 0 atom stereocenters. The van der Waals surface area contributed by atoms with Crippen LogP contribution in [0.4, 0.5) is 5.69 Å². The fourth-order valence-electron chi connectivity index (χ4n) is 3.93. The van der Waals surface area contributed by atoms with Crippen LogP contribution in [0, 0.1) is 0 Å². The van der Waals surface area contributed by atoms with Crippen LogP contribution >= 0.6 is 11.8 Å². The van der Waals surface area contributed by atoms with E-state index in [0.29, 0.717) is 10.7 Å². The summed E-state index contributed by atoms with van der Waals surface area (Å²) < 4.78 is 0. The molecule has 1 fully saturated rings. The number of aromatic amines is 1. The molecule has 2 aliphatic rings. The number of anilines is 1. The molecule has 4 rings (SSSR count). The number of para-hydroxylation sites is 1. The molecule has 2 aromatic rings. The fraction of sp³-hybridized carbons (Fsp3) is 0.389. The van der Waals surface area contributed by atoms with E-state index in [1.807, 2.05) is 35.4 Å². The van der Waals surface area contributed by atoms with Crippen molar-refractivity contribution in [2.24, 2.45) is 21.5 Å². The van der Waals surface area contributed by atoms with Gasteiger partial charge >= 0.3 is 0 Å². The molecule has 9 nitrogen and oxygen atoms in total. The van der Waals surface area contributed by atoms with Crippen molar-refractivity contribution >= 4 is 29.4 Å². The third-order valence-electron chi connectivity index (χ3n) is 5.12. The quantitative estimate of drug-likeness (QED) is 0.668. The number of rotatable bonds is 3. The van der Waals surface area contributed by atoms with Gasteiger partial charge in [-0.15, -0.1) is 10.2 Å². The van der Waals surface area contributed by atoms with Crippen LogP contribution in [0.2, 0.25) is 0 Å². The van der Waals surface area contributed by atoms with Crippen LogP contribution in [0.3, 0.4) is 0 Å². The number of H-pyrrole nitrogens is 1. The van der Waals surface area contributed by atoms with E-state index in [-0.39, 0.29) is 23.2 Å². The molecule has 0 unspecified atom stereocenters. The average molecular weight is 398 g/mol. The zero-order valence-corrected chi connectivity index (χ0v) is 16.4. The third-order valence-corrected chi connectivity index (χ3v) is 5.69. The zero-order chi connectivity index (χ0) is 19.7. The van der Waals surface area contributed by atoms with Crippen molar-refractivity contribution in [1.29, 1.82) is 0 Å². The minimum Gasteiger partial charge on any atom is -0.369 e. The second-order valence-corrected chi connectivity index (χ2v) is 7.64. The number of nitrogens with two attached hydrogens (primary N) is 2. The molecule has 1 aromatic heterocycles. The Balaban J connectivity index is 1.88. The number of aliphatic imine (C=N–C) groups is 2. The summed E-state index contributed by atoms with van der Waals surface area (Å²) in [6.07, 6.45) is 6.63. The van der Waals surface area contributed by atoms with Crippen LogP contribution in [0.25, 0.3) is 11.3 Å². The second kappa shape index (κ2) is 7.27. The van der Waals surface area contributed by atoms with Gasteiger partial charge in [0.25, 0.3) is 5.56 Å². The van der Waals surface area contributed by atoms with E-state index in [2.05, 4.69) is 20.2 Å². The van der Waals surface area contributed by atoms with Crippen molar-refractivity contribution in [3.8, 4) is 11.3 Å². The Bertz CT molecular complexity index is 1010. The minimum atomic E-state index is -0.594. The summed E-state index contributed by atoms with van der Waals surface area (Å²) in [7, 11) is 0. The van der Waals surface area contributed by atoms with Gasteiger partial charge in [0.1, 0.15) is 5.66 Å². The summed E-state index contributed by atoms with van der Waals surface area (Å²) >= 11 is 1.33. The Kier molecular flexibility index (Phi) is 4.80. The summed E-state index contributed by atoms with van der Waals surface area (Å²) in [5.41, 5.74) is 13.0. The van der Waals surface area contributed by atoms with E-state index in [4.69, 9.17) is 16.5 Å². The van der Waals surface area contributed by atoms with Crippen molar-refractivity contribution in [1.82, 2.24) is 15.2 Å². The van der Waals surface area contributed by atoms with Crippen LogP contribution < -0.4 is 21.9 Å². The van der Waals surface area contributed by atoms with Crippen molar-refractivity contribution in [3.63, 3.8) is 0 Å². The average Bonchev–Trinajstić information content (AvgIpc) is 2.68. The highest BCUT2D eigenvalue weighted by atomic mass is 32.2. The second-order valence-electron chi connectivity index (χ2n) is 6.85. The maximum atomic E-state index is 12.6. The molecule has 146 valence electrons. The summed E-state index contributed by atoms with van der Waals surface area (Å²) in [4.78, 5) is 26.2. The van der Waals surface area contributed by atoms with E-state index in [0.717, 1.165) is 37.8 Å². The van der Waals surface area contributed by atoms with Gasteiger partial charge in [-0.2, -0.15) is 4.99 Å². The number of aromatic nitrogens is 3. The van der Waals surface area contributed by atoms with Gasteiger partial charge in [-0.25, -0.2) is 4.99 Å². The maximum absolute atomic E-state index is 12.6. The van der Waals surface area contributed by atoms with Crippen LogP contribution in [-0.4, -0.2) is 39.0 Å². The summed E-state index contributed by atoms with van der Waals surface area (Å²) in [6.45, 7) is 0. The van der Waals surface area contributed by atoms with E-state index in [1.165, 1.54) is 11.8 Å². The number of guanidine groups is 2. The summed E-state index contributed by atoms with van der Waals surface area (Å²) in [5, 5.41) is 8.72. The van der Waals surface area contributed by atoms with E-state index in [9.17, 15) is 4.79 Å². The molecule has 0 amide bonds. The molecule has 1 saturated carbocycles. The number of thioether (sulfide) groups is 1. The lowest BCUT2D eigenvalue weighted by Crippen LogP contribution is -2.58. The molecule has 0 saturated heterocycles. The van der Waals surface area contributed by atoms with Gasteiger partial charge in [0.05, 0.1) is 5.69 Å². The number of hydrogen-bond donors (Lipinski definition) is 3. The largest absolute Gasteiger partial charge is 0.369 e. The lowest BCUT2D eigenvalue weighted by atomic mass is 9.87. The Morgan fingerprint density at radius 3 is 2.61 bits per heavy atom. The van der Waals surface area contributed by atoms with Crippen LogP contribution in [0.1, 0.15) is 32.1 Å². The number of nitrogens with one attached hydrogen (secondary N) is 1. The molecule has 2 heterocycles. The van der Waals surface area contributed by atoms with Gasteiger partial charge < -0.3 is 11.5 Å². The van der Waals surface area contributed by atoms with Crippen LogP contribution in [0.5, 0.6) is 0 Å². The lowest BCUT2D eigenvalue weighted by molar-refractivity contribution is 0.305. The summed E-state index contributed by atoms with van der Waals surface area (Å²) in [6, 6.07) is 7.47. The monoisotopic (exact) mass is 398 g/mol. The smallest absolute Gasteiger partial charge is 0.278 e. The summed E-state index contributed by atoms with van der Waals surface area (Å²) in [5.74, 6) is 0.460. The first kappa shape index (κ1) is 18.5. The van der Waals surface area contributed by atoms with Crippen molar-refractivity contribution in [3.05, 3.63) is 34.6 Å². The minimum absolute atomic E-state index is 0.190. The van der Waals surface area contributed by atoms with Crippen molar-refractivity contribution in [2.45, 2.75) is 42.9 Å². The topological polar surface area (TPSA) is 139 Å². The van der Waals surface area contributed by atoms with Gasteiger partial charge in [-0.3, -0.25) is 14.7 Å². The zero-order valence-electron chi connectivity index (χ0n) is 15.6. The molecule has 0 bridgehead atoms. The third kappa shape index (κ3) is 3.13. The van der Waals surface area contributed by atoms with Gasteiger partial charge in [-0.05, 0) is 38.0 Å². The van der Waals surface area contributed by atoms with Crippen LogP contribution in [0.15, 0.2) is 44.2 Å². The first-order valence-corrected chi connectivity index (χ1v) is 10.4.